The van der Waals surface area contributed by atoms with E-state index in [1.54, 1.807) is 12.0 Å². The molecule has 1 aliphatic rings. The summed E-state index contributed by atoms with van der Waals surface area (Å²) in [6.45, 7) is 7.33. The van der Waals surface area contributed by atoms with Gasteiger partial charge in [-0.25, -0.2) is 4.79 Å². The first kappa shape index (κ1) is 21.9. The predicted octanol–water partition coefficient (Wildman–Crippen LogP) is 2.80. The Balaban J connectivity index is 1.76. The van der Waals surface area contributed by atoms with Gasteiger partial charge in [-0.05, 0) is 57.2 Å². The van der Waals surface area contributed by atoms with Crippen molar-refractivity contribution in [3.63, 3.8) is 0 Å². The van der Waals surface area contributed by atoms with Crippen LogP contribution in [0.1, 0.15) is 38.7 Å². The Morgan fingerprint density at radius 3 is 2.75 bits per heavy atom. The summed E-state index contributed by atoms with van der Waals surface area (Å²) in [5.41, 5.74) is 1.26. The van der Waals surface area contributed by atoms with Crippen molar-refractivity contribution in [2.24, 2.45) is 4.99 Å². The quantitative estimate of drug-likeness (QED) is 0.406. The Morgan fingerprint density at radius 1 is 1.29 bits per heavy atom. The summed E-state index contributed by atoms with van der Waals surface area (Å²) < 4.78 is 10.3. The first-order valence-corrected chi connectivity index (χ1v) is 10.3. The summed E-state index contributed by atoms with van der Waals surface area (Å²) in [4.78, 5) is 18.3. The van der Waals surface area contributed by atoms with E-state index >= 15 is 0 Å². The molecule has 1 heterocycles. The highest BCUT2D eigenvalue weighted by Gasteiger charge is 2.23. The number of benzene rings is 1. The van der Waals surface area contributed by atoms with Crippen LogP contribution in [0.25, 0.3) is 0 Å². The molecule has 1 fully saturated rings. The second-order valence-electron chi connectivity index (χ2n) is 6.82. The molecule has 28 heavy (non-hydrogen) atoms. The summed E-state index contributed by atoms with van der Waals surface area (Å²) >= 11 is 0. The molecule has 0 atom stereocenters. The third-order valence-electron chi connectivity index (χ3n) is 4.73. The number of guanidine groups is 1. The van der Waals surface area contributed by atoms with E-state index in [-0.39, 0.29) is 6.09 Å². The van der Waals surface area contributed by atoms with Crippen LogP contribution >= 0.6 is 0 Å². The van der Waals surface area contributed by atoms with Crippen molar-refractivity contribution in [3.8, 4) is 5.75 Å². The van der Waals surface area contributed by atoms with E-state index in [4.69, 9.17) is 14.5 Å². The monoisotopic (exact) mass is 390 g/mol. The van der Waals surface area contributed by atoms with Crippen molar-refractivity contribution < 1.29 is 14.3 Å². The lowest BCUT2D eigenvalue weighted by atomic mass is 10.1. The number of nitrogens with one attached hydrogen (secondary N) is 2. The molecule has 0 radical (unpaired) electrons. The largest absolute Gasteiger partial charge is 0.497 e. The molecule has 1 amide bonds. The predicted molar refractivity (Wildman–Crippen MR) is 112 cm³/mol. The maximum Gasteiger partial charge on any atom is 0.409 e. The van der Waals surface area contributed by atoms with Crippen molar-refractivity contribution in [2.45, 2.75) is 45.6 Å². The molecule has 0 bridgehead atoms. The number of methoxy groups -OCH3 is 1. The minimum absolute atomic E-state index is 0.209. The highest BCUT2D eigenvalue weighted by molar-refractivity contribution is 5.80. The first-order chi connectivity index (χ1) is 13.7. The van der Waals surface area contributed by atoms with Gasteiger partial charge in [-0.15, -0.1) is 0 Å². The summed E-state index contributed by atoms with van der Waals surface area (Å²) in [6, 6.07) is 8.49. The minimum atomic E-state index is -0.209. The molecule has 2 rings (SSSR count). The van der Waals surface area contributed by atoms with E-state index < -0.39 is 0 Å². The SMILES string of the molecule is CCNC(=NCCCc1cccc(OC)c1)NC1CCN(C(=O)OCC)CC1. The Labute approximate surface area is 168 Å². The molecule has 7 nitrogen and oxygen atoms in total. The molecule has 156 valence electrons. The van der Waals surface area contributed by atoms with E-state index in [1.165, 1.54) is 5.56 Å². The third-order valence-corrected chi connectivity index (χ3v) is 4.73. The van der Waals surface area contributed by atoms with Gasteiger partial charge in [-0.2, -0.15) is 0 Å². The number of rotatable bonds is 8. The maximum atomic E-state index is 11.8. The molecule has 1 aliphatic heterocycles. The van der Waals surface area contributed by atoms with Crippen LogP contribution in [0.15, 0.2) is 29.3 Å². The van der Waals surface area contributed by atoms with Gasteiger partial charge in [-0.3, -0.25) is 4.99 Å². The summed E-state index contributed by atoms with van der Waals surface area (Å²) in [5, 5.41) is 6.82. The molecule has 0 aliphatic carbocycles. The van der Waals surface area contributed by atoms with Crippen LogP contribution < -0.4 is 15.4 Å². The molecule has 1 aromatic carbocycles. The highest BCUT2D eigenvalue weighted by Crippen LogP contribution is 2.14. The van der Waals surface area contributed by atoms with Crippen molar-refractivity contribution in [2.75, 3.05) is 39.9 Å². The number of aliphatic imine (C=N–C) groups is 1. The number of piperidine rings is 1. The smallest absolute Gasteiger partial charge is 0.409 e. The van der Waals surface area contributed by atoms with Crippen molar-refractivity contribution in [3.05, 3.63) is 29.8 Å². The van der Waals surface area contributed by atoms with E-state index in [2.05, 4.69) is 29.7 Å². The average Bonchev–Trinajstić information content (AvgIpc) is 2.72. The highest BCUT2D eigenvalue weighted by atomic mass is 16.6. The number of hydrogen-bond acceptors (Lipinski definition) is 4. The first-order valence-electron chi connectivity index (χ1n) is 10.3. The molecule has 2 N–H and O–H groups in total. The molecule has 0 unspecified atom stereocenters. The van der Waals surface area contributed by atoms with Crippen LogP contribution in [-0.4, -0.2) is 62.9 Å². The van der Waals surface area contributed by atoms with Crippen LogP contribution in [0.4, 0.5) is 4.79 Å². The topological polar surface area (TPSA) is 75.2 Å². The molecule has 0 aromatic heterocycles. The number of ether oxygens (including phenoxy) is 2. The second-order valence-corrected chi connectivity index (χ2v) is 6.82. The number of hydrogen-bond donors (Lipinski definition) is 2. The fourth-order valence-corrected chi connectivity index (χ4v) is 3.24. The number of carbonyl (C=O) groups excluding carboxylic acids is 1. The zero-order chi connectivity index (χ0) is 20.2. The van der Waals surface area contributed by atoms with Crippen LogP contribution in [0.3, 0.4) is 0 Å². The molecule has 1 saturated heterocycles. The van der Waals surface area contributed by atoms with Crippen molar-refractivity contribution in [1.29, 1.82) is 0 Å². The normalized spacial score (nSPS) is 15.2. The van der Waals surface area contributed by atoms with Crippen LogP contribution in [0, 0.1) is 0 Å². The number of nitrogens with zero attached hydrogens (tertiary/aromatic N) is 2. The summed E-state index contributed by atoms with van der Waals surface area (Å²) in [5.74, 6) is 1.74. The van der Waals surface area contributed by atoms with Crippen molar-refractivity contribution in [1.82, 2.24) is 15.5 Å². The zero-order valence-corrected chi connectivity index (χ0v) is 17.4. The van der Waals surface area contributed by atoms with Crippen LogP contribution in [0.5, 0.6) is 5.75 Å². The fourth-order valence-electron chi connectivity index (χ4n) is 3.24. The lowest BCUT2D eigenvalue weighted by Gasteiger charge is -2.32. The fraction of sp³-hybridized carbons (Fsp3) is 0.619. The van der Waals surface area contributed by atoms with Gasteiger partial charge < -0.3 is 25.0 Å². The van der Waals surface area contributed by atoms with Gasteiger partial charge in [-0.1, -0.05) is 12.1 Å². The third kappa shape index (κ3) is 7.29. The molecule has 7 heteroatoms. The molecule has 0 spiro atoms. The van der Waals surface area contributed by atoms with Crippen LogP contribution in [-0.2, 0) is 11.2 Å². The lowest BCUT2D eigenvalue weighted by Crippen LogP contribution is -2.49. The van der Waals surface area contributed by atoms with Gasteiger partial charge in [0, 0.05) is 32.2 Å². The van der Waals surface area contributed by atoms with Gasteiger partial charge >= 0.3 is 6.09 Å². The summed E-state index contributed by atoms with van der Waals surface area (Å²) in [6.07, 6.45) is 3.53. The van der Waals surface area contributed by atoms with Gasteiger partial charge in [0.1, 0.15) is 5.75 Å². The van der Waals surface area contributed by atoms with Gasteiger partial charge in [0.2, 0.25) is 0 Å². The van der Waals surface area contributed by atoms with Gasteiger partial charge in [0.05, 0.1) is 13.7 Å². The average molecular weight is 391 g/mol. The number of aryl methyl sites for hydroxylation is 1. The van der Waals surface area contributed by atoms with E-state index in [1.807, 2.05) is 19.1 Å². The maximum absolute atomic E-state index is 11.8. The summed E-state index contributed by atoms with van der Waals surface area (Å²) in [7, 11) is 1.69. The van der Waals surface area contributed by atoms with E-state index in [9.17, 15) is 4.79 Å². The van der Waals surface area contributed by atoms with E-state index in [0.29, 0.717) is 25.7 Å². The van der Waals surface area contributed by atoms with Gasteiger partial charge in [0.25, 0.3) is 0 Å². The molecular weight excluding hydrogens is 356 g/mol. The lowest BCUT2D eigenvalue weighted by molar-refractivity contribution is 0.0963. The Bertz CT molecular complexity index is 628. The van der Waals surface area contributed by atoms with E-state index in [0.717, 1.165) is 50.5 Å². The zero-order valence-electron chi connectivity index (χ0n) is 17.4. The van der Waals surface area contributed by atoms with Crippen LogP contribution in [0.2, 0.25) is 0 Å². The second kappa shape index (κ2) is 12.1. The standard InChI is InChI=1S/C21H34N4O3/c1-4-22-20(23-13-7-9-17-8-6-10-19(16-17)27-3)24-18-11-14-25(15-12-18)21(26)28-5-2/h6,8,10,16,18H,4-5,7,9,11-15H2,1-3H3,(H2,22,23,24). The van der Waals surface area contributed by atoms with Gasteiger partial charge in [0.15, 0.2) is 5.96 Å². The Morgan fingerprint density at radius 2 is 2.07 bits per heavy atom. The Hall–Kier alpha value is -2.44. The molecule has 0 saturated carbocycles. The number of amides is 1. The number of likely N-dealkylation sites (tertiary alicyclic amines) is 1. The number of carbonyl (C=O) groups is 1. The minimum Gasteiger partial charge on any atom is -0.497 e. The van der Waals surface area contributed by atoms with Crippen molar-refractivity contribution >= 4 is 12.1 Å². The molecular formula is C21H34N4O3. The molecule has 1 aromatic rings. The Kier molecular flexibility index (Phi) is 9.45.